The predicted molar refractivity (Wildman–Crippen MR) is 58.0 cm³/mol. The summed E-state index contributed by atoms with van der Waals surface area (Å²) in [4.78, 5) is 0. The summed E-state index contributed by atoms with van der Waals surface area (Å²) in [5.74, 6) is -0.227. The van der Waals surface area contributed by atoms with Crippen LogP contribution in [-0.4, -0.2) is 11.2 Å². The molecule has 1 nitrogen and oxygen atoms in total. The van der Waals surface area contributed by atoms with E-state index in [0.29, 0.717) is 12.0 Å². The minimum absolute atomic E-state index is 0.227. The van der Waals surface area contributed by atoms with Gasteiger partial charge in [-0.1, -0.05) is 24.3 Å². The van der Waals surface area contributed by atoms with Gasteiger partial charge in [0, 0.05) is 6.42 Å². The molecule has 15 heavy (non-hydrogen) atoms. The lowest BCUT2D eigenvalue weighted by atomic mass is 10.0. The first-order valence-corrected chi connectivity index (χ1v) is 5.38. The summed E-state index contributed by atoms with van der Waals surface area (Å²) in [5.41, 5.74) is 1.66. The number of hydrogen-bond donors (Lipinski definition) is 1. The van der Waals surface area contributed by atoms with Gasteiger partial charge in [-0.3, -0.25) is 0 Å². The van der Waals surface area contributed by atoms with Gasteiger partial charge in [-0.25, -0.2) is 4.39 Å². The Balaban J connectivity index is 2.05. The molecule has 1 aromatic carbocycles. The Morgan fingerprint density at radius 1 is 1.33 bits per heavy atom. The number of allylic oxidation sites excluding steroid dienone is 1. The number of rotatable bonds is 3. The van der Waals surface area contributed by atoms with E-state index in [1.54, 1.807) is 18.2 Å². The maximum Gasteiger partial charge on any atom is 0.126 e. The van der Waals surface area contributed by atoms with Crippen LogP contribution in [-0.2, 0) is 6.42 Å². The molecule has 1 unspecified atom stereocenters. The second-order valence-electron chi connectivity index (χ2n) is 3.98. The lowest BCUT2D eigenvalue weighted by Crippen LogP contribution is -2.13. The zero-order valence-corrected chi connectivity index (χ0v) is 8.62. The Bertz CT molecular complexity index is 371. The molecular weight excluding hydrogens is 191 g/mol. The van der Waals surface area contributed by atoms with Crippen LogP contribution in [0, 0.1) is 5.82 Å². The molecule has 0 spiro atoms. The zero-order chi connectivity index (χ0) is 10.7. The van der Waals surface area contributed by atoms with E-state index >= 15 is 0 Å². The Kier molecular flexibility index (Phi) is 3.17. The molecule has 2 heteroatoms. The topological polar surface area (TPSA) is 20.2 Å². The summed E-state index contributed by atoms with van der Waals surface area (Å²) >= 11 is 0. The molecule has 1 aliphatic rings. The van der Waals surface area contributed by atoms with Crippen LogP contribution in [0.2, 0.25) is 0 Å². The molecule has 1 aromatic rings. The fraction of sp³-hybridized carbons (Fsp3) is 0.385. The maximum absolute atomic E-state index is 13.3. The fourth-order valence-corrected chi connectivity index (χ4v) is 2.00. The van der Waals surface area contributed by atoms with Crippen LogP contribution in [0.3, 0.4) is 0 Å². The Morgan fingerprint density at radius 3 is 2.80 bits per heavy atom. The third-order valence-electron chi connectivity index (χ3n) is 2.88. The molecular formula is C13H15FO. The van der Waals surface area contributed by atoms with E-state index in [-0.39, 0.29) is 5.82 Å². The van der Waals surface area contributed by atoms with Gasteiger partial charge in [-0.05, 0) is 36.5 Å². The highest BCUT2D eigenvalue weighted by Gasteiger charge is 2.15. The predicted octanol–water partition coefficient (Wildman–Crippen LogP) is 2.84. The van der Waals surface area contributed by atoms with Crippen molar-refractivity contribution in [2.45, 2.75) is 31.8 Å². The van der Waals surface area contributed by atoms with E-state index in [4.69, 9.17) is 0 Å². The van der Waals surface area contributed by atoms with Crippen molar-refractivity contribution < 1.29 is 9.50 Å². The molecule has 80 valence electrons. The quantitative estimate of drug-likeness (QED) is 0.754. The third kappa shape index (κ3) is 2.45. The van der Waals surface area contributed by atoms with Crippen LogP contribution in [0.5, 0.6) is 0 Å². The molecule has 2 rings (SSSR count). The molecule has 1 aliphatic carbocycles. The first-order chi connectivity index (χ1) is 7.27. The first kappa shape index (κ1) is 10.4. The summed E-state index contributed by atoms with van der Waals surface area (Å²) in [6.07, 6.45) is 5.07. The minimum atomic E-state index is -0.510. The van der Waals surface area contributed by atoms with Crippen molar-refractivity contribution >= 4 is 0 Å². The highest BCUT2D eigenvalue weighted by Crippen LogP contribution is 2.23. The molecule has 0 saturated heterocycles. The van der Waals surface area contributed by atoms with Crippen molar-refractivity contribution in [1.82, 2.24) is 0 Å². The second-order valence-corrected chi connectivity index (χ2v) is 3.98. The van der Waals surface area contributed by atoms with Crippen molar-refractivity contribution in [3.05, 3.63) is 47.3 Å². The summed E-state index contributed by atoms with van der Waals surface area (Å²) in [5, 5.41) is 9.89. The zero-order valence-electron chi connectivity index (χ0n) is 8.62. The Labute approximate surface area is 89.3 Å². The van der Waals surface area contributed by atoms with Crippen LogP contribution in [0.25, 0.3) is 0 Å². The van der Waals surface area contributed by atoms with Crippen molar-refractivity contribution in [3.8, 4) is 0 Å². The minimum Gasteiger partial charge on any atom is -0.388 e. The van der Waals surface area contributed by atoms with E-state index in [1.807, 2.05) is 0 Å². The summed E-state index contributed by atoms with van der Waals surface area (Å²) < 4.78 is 13.3. The lowest BCUT2D eigenvalue weighted by molar-refractivity contribution is 0.207. The van der Waals surface area contributed by atoms with Crippen LogP contribution < -0.4 is 0 Å². The van der Waals surface area contributed by atoms with Gasteiger partial charge < -0.3 is 5.11 Å². The van der Waals surface area contributed by atoms with E-state index in [1.165, 1.54) is 6.07 Å². The lowest BCUT2D eigenvalue weighted by Gasteiger charge is -2.12. The number of hydrogen-bond acceptors (Lipinski definition) is 1. The molecule has 1 atom stereocenters. The van der Waals surface area contributed by atoms with Crippen molar-refractivity contribution in [3.63, 3.8) is 0 Å². The van der Waals surface area contributed by atoms with Crippen molar-refractivity contribution in [2.75, 3.05) is 0 Å². The average Bonchev–Trinajstić information content (AvgIpc) is 2.74. The largest absolute Gasteiger partial charge is 0.388 e. The molecule has 0 amide bonds. The van der Waals surface area contributed by atoms with Gasteiger partial charge in [0.25, 0.3) is 0 Å². The van der Waals surface area contributed by atoms with Crippen molar-refractivity contribution in [1.29, 1.82) is 0 Å². The third-order valence-corrected chi connectivity index (χ3v) is 2.88. The number of aliphatic hydroxyl groups excluding tert-OH is 1. The summed E-state index contributed by atoms with van der Waals surface area (Å²) in [6, 6.07) is 6.63. The molecule has 0 bridgehead atoms. The highest BCUT2D eigenvalue weighted by atomic mass is 19.1. The summed E-state index contributed by atoms with van der Waals surface area (Å²) in [7, 11) is 0. The molecule has 0 heterocycles. The molecule has 0 fully saturated rings. The highest BCUT2D eigenvalue weighted by molar-refractivity contribution is 5.22. The van der Waals surface area contributed by atoms with Gasteiger partial charge in [0.2, 0.25) is 0 Å². The number of halogens is 1. The van der Waals surface area contributed by atoms with Crippen LogP contribution in [0.15, 0.2) is 35.9 Å². The fourth-order valence-electron chi connectivity index (χ4n) is 2.00. The molecule has 0 radical (unpaired) electrons. The van der Waals surface area contributed by atoms with Gasteiger partial charge >= 0.3 is 0 Å². The SMILES string of the molecule is OC(Cc1ccccc1F)C1=CCCC1. The molecule has 0 aromatic heterocycles. The van der Waals surface area contributed by atoms with Gasteiger partial charge in [0.05, 0.1) is 6.10 Å². The average molecular weight is 206 g/mol. The maximum atomic E-state index is 13.3. The molecule has 0 aliphatic heterocycles. The van der Waals surface area contributed by atoms with E-state index in [9.17, 15) is 9.50 Å². The van der Waals surface area contributed by atoms with E-state index in [0.717, 1.165) is 24.8 Å². The smallest absolute Gasteiger partial charge is 0.126 e. The van der Waals surface area contributed by atoms with Crippen LogP contribution in [0.4, 0.5) is 4.39 Å². The van der Waals surface area contributed by atoms with Gasteiger partial charge in [0.1, 0.15) is 5.82 Å². The van der Waals surface area contributed by atoms with E-state index < -0.39 is 6.10 Å². The Hall–Kier alpha value is -1.15. The molecule has 1 N–H and O–H groups in total. The van der Waals surface area contributed by atoms with Gasteiger partial charge in [0.15, 0.2) is 0 Å². The van der Waals surface area contributed by atoms with Crippen LogP contribution in [0.1, 0.15) is 24.8 Å². The monoisotopic (exact) mass is 206 g/mol. The van der Waals surface area contributed by atoms with Gasteiger partial charge in [-0.15, -0.1) is 0 Å². The van der Waals surface area contributed by atoms with Gasteiger partial charge in [-0.2, -0.15) is 0 Å². The van der Waals surface area contributed by atoms with E-state index in [2.05, 4.69) is 6.08 Å². The number of benzene rings is 1. The normalized spacial score (nSPS) is 17.6. The first-order valence-electron chi connectivity index (χ1n) is 5.38. The standard InChI is InChI=1S/C13H15FO/c14-12-8-4-3-7-11(12)9-13(15)10-5-1-2-6-10/h3-5,7-8,13,15H,1-2,6,9H2. The molecule has 0 saturated carbocycles. The van der Waals surface area contributed by atoms with Crippen LogP contribution >= 0.6 is 0 Å². The number of aliphatic hydroxyl groups is 1. The summed E-state index contributed by atoms with van der Waals surface area (Å²) in [6.45, 7) is 0. The second kappa shape index (κ2) is 4.58. The van der Waals surface area contributed by atoms with Crippen molar-refractivity contribution in [2.24, 2.45) is 0 Å². The Morgan fingerprint density at radius 2 is 2.13 bits per heavy atom.